The van der Waals surface area contributed by atoms with Crippen LogP contribution in [-0.4, -0.2) is 0 Å². The largest absolute Gasteiger partial charge is 0.314 e. The molecule has 0 fully saturated rings. The first-order chi connectivity index (χ1) is 28.1. The third kappa shape index (κ3) is 6.99. The van der Waals surface area contributed by atoms with Gasteiger partial charge < -0.3 is 9.80 Å². The monoisotopic (exact) mass is 768 g/mol. The van der Waals surface area contributed by atoms with Crippen LogP contribution in [0.1, 0.15) is 13.3 Å². The smallest absolute Gasteiger partial charge is 0.0462 e. The highest BCUT2D eigenvalue weighted by Crippen LogP contribution is 2.41. The van der Waals surface area contributed by atoms with E-state index in [2.05, 4.69) is 223 Å². The van der Waals surface area contributed by atoms with E-state index in [1.54, 1.807) is 0 Å². The lowest BCUT2D eigenvalue weighted by Gasteiger charge is -2.32. The van der Waals surface area contributed by atoms with Crippen molar-refractivity contribution in [2.75, 3.05) is 9.80 Å². The number of fused-ring (bicyclic) bond motifs is 2. The maximum atomic E-state index is 2.43. The molecule has 1 atom stereocenters. The third-order valence-corrected chi connectivity index (χ3v) is 13.3. The van der Waals surface area contributed by atoms with Crippen LogP contribution in [0.5, 0.6) is 0 Å². The van der Waals surface area contributed by atoms with E-state index in [4.69, 9.17) is 0 Å². The second kappa shape index (κ2) is 15.2. The van der Waals surface area contributed by atoms with Crippen molar-refractivity contribution in [2.45, 2.75) is 13.3 Å². The average molecular weight is 769 g/mol. The lowest BCUT2D eigenvalue weighted by atomic mass is 9.96. The van der Waals surface area contributed by atoms with E-state index in [-0.39, 0.29) is 0 Å². The van der Waals surface area contributed by atoms with Gasteiger partial charge in [0, 0.05) is 59.2 Å². The maximum Gasteiger partial charge on any atom is 0.0462 e. The Morgan fingerprint density at radius 1 is 0.421 bits per heavy atom. The molecule has 0 saturated carbocycles. The van der Waals surface area contributed by atoms with Crippen LogP contribution in [0.2, 0.25) is 0 Å². The van der Waals surface area contributed by atoms with Crippen molar-refractivity contribution < 1.29 is 0 Å². The molecular formula is C53H40N2S2. The summed E-state index contributed by atoms with van der Waals surface area (Å²) in [5.74, 6) is 0.407. The summed E-state index contributed by atoms with van der Waals surface area (Å²) in [7, 11) is 0. The molecule has 7 aromatic carbocycles. The van der Waals surface area contributed by atoms with Crippen molar-refractivity contribution in [3.8, 4) is 32.0 Å². The zero-order valence-electron chi connectivity index (χ0n) is 31.6. The average Bonchev–Trinajstić information content (AvgIpc) is 3.91. The number of allylic oxidation sites excluding steroid dienone is 4. The van der Waals surface area contributed by atoms with Gasteiger partial charge in [-0.3, -0.25) is 0 Å². The molecule has 0 saturated heterocycles. The van der Waals surface area contributed by atoms with Crippen LogP contribution in [-0.2, 0) is 0 Å². The van der Waals surface area contributed by atoms with Crippen LogP contribution >= 0.6 is 22.7 Å². The van der Waals surface area contributed by atoms with Gasteiger partial charge in [-0.05, 0) is 130 Å². The van der Waals surface area contributed by atoms with Crippen LogP contribution < -0.4 is 9.80 Å². The first-order valence-electron chi connectivity index (χ1n) is 19.6. The van der Waals surface area contributed by atoms with Crippen molar-refractivity contribution in [1.82, 2.24) is 0 Å². The number of anilines is 5. The normalized spacial score (nSPS) is 13.8. The predicted octanol–water partition coefficient (Wildman–Crippen LogP) is 16.2. The van der Waals surface area contributed by atoms with Gasteiger partial charge in [0.15, 0.2) is 0 Å². The molecule has 2 nitrogen and oxygen atoms in total. The van der Waals surface area contributed by atoms with Crippen molar-refractivity contribution >= 4 is 71.3 Å². The number of nitrogens with zero attached hydrogens (tertiary/aromatic N) is 2. The third-order valence-electron chi connectivity index (χ3n) is 10.9. The molecule has 10 rings (SSSR count). The van der Waals surface area contributed by atoms with Gasteiger partial charge in [-0.1, -0.05) is 122 Å². The van der Waals surface area contributed by atoms with Gasteiger partial charge in [0.1, 0.15) is 0 Å². The number of hydrogen-bond acceptors (Lipinski definition) is 4. The Kier molecular flexibility index (Phi) is 9.35. The predicted molar refractivity (Wildman–Crippen MR) is 248 cm³/mol. The molecule has 0 spiro atoms. The number of para-hydroxylation sites is 1. The van der Waals surface area contributed by atoms with Crippen molar-refractivity contribution in [2.24, 2.45) is 5.92 Å². The Bertz CT molecular complexity index is 2800. The summed E-state index contributed by atoms with van der Waals surface area (Å²) < 4.78 is 2.64. The minimum absolute atomic E-state index is 0.407. The number of rotatable bonds is 9. The van der Waals surface area contributed by atoms with Gasteiger partial charge in [-0.15, -0.1) is 22.7 Å². The Morgan fingerprint density at radius 2 is 0.825 bits per heavy atom. The van der Waals surface area contributed by atoms with Crippen molar-refractivity contribution in [3.63, 3.8) is 0 Å². The minimum Gasteiger partial charge on any atom is -0.314 e. The fourth-order valence-electron chi connectivity index (χ4n) is 7.90. The van der Waals surface area contributed by atoms with Gasteiger partial charge in [0.25, 0.3) is 0 Å². The van der Waals surface area contributed by atoms with E-state index in [1.165, 1.54) is 63.6 Å². The van der Waals surface area contributed by atoms with Crippen molar-refractivity contribution in [1.29, 1.82) is 0 Å². The first-order valence-corrected chi connectivity index (χ1v) is 21.2. The SMILES string of the molecule is CC1CC=CC=C1N(c1ccc(-c2ccc(N(c3ccccc3)c3ccc(-c4cc5ccccc5s4)cc3)cc2)cc1)c1ccc(-c2cc3ccccc3s2)cc1. The molecule has 0 amide bonds. The zero-order chi connectivity index (χ0) is 38.1. The van der Waals surface area contributed by atoms with E-state index < -0.39 is 0 Å². The molecule has 1 aliphatic carbocycles. The van der Waals surface area contributed by atoms with Crippen LogP contribution in [0, 0.1) is 5.92 Å². The molecule has 0 radical (unpaired) electrons. The molecule has 0 bridgehead atoms. The highest BCUT2D eigenvalue weighted by atomic mass is 32.1. The molecule has 9 aromatic rings. The number of hydrogen-bond donors (Lipinski definition) is 0. The van der Waals surface area contributed by atoms with Gasteiger partial charge >= 0.3 is 0 Å². The summed E-state index contributed by atoms with van der Waals surface area (Å²) in [6, 6.07) is 68.5. The second-order valence-electron chi connectivity index (χ2n) is 14.6. The molecule has 2 heterocycles. The molecule has 0 aliphatic heterocycles. The first kappa shape index (κ1) is 35.0. The highest BCUT2D eigenvalue weighted by Gasteiger charge is 2.21. The van der Waals surface area contributed by atoms with Gasteiger partial charge in [-0.25, -0.2) is 0 Å². The zero-order valence-corrected chi connectivity index (χ0v) is 33.3. The molecule has 274 valence electrons. The van der Waals surface area contributed by atoms with E-state index in [0.29, 0.717) is 5.92 Å². The van der Waals surface area contributed by atoms with Gasteiger partial charge in [0.2, 0.25) is 0 Å². The van der Waals surface area contributed by atoms with Crippen LogP contribution in [0.15, 0.2) is 212 Å². The lowest BCUT2D eigenvalue weighted by Crippen LogP contribution is -2.22. The topological polar surface area (TPSA) is 6.48 Å². The summed E-state index contributed by atoms with van der Waals surface area (Å²) in [6.07, 6.45) is 7.77. The van der Waals surface area contributed by atoms with Crippen LogP contribution in [0.3, 0.4) is 0 Å². The fourth-order valence-corrected chi connectivity index (χ4v) is 10.0. The maximum absolute atomic E-state index is 2.43. The number of thiophene rings is 2. The van der Waals surface area contributed by atoms with E-state index in [0.717, 1.165) is 29.2 Å². The van der Waals surface area contributed by atoms with E-state index in [9.17, 15) is 0 Å². The summed E-state index contributed by atoms with van der Waals surface area (Å²) in [4.78, 5) is 7.35. The molecule has 57 heavy (non-hydrogen) atoms. The molecule has 4 heteroatoms. The quantitative estimate of drug-likeness (QED) is 0.144. The second-order valence-corrected chi connectivity index (χ2v) is 16.8. The highest BCUT2D eigenvalue weighted by molar-refractivity contribution is 7.22. The fraction of sp³-hybridized carbons (Fsp3) is 0.0566. The Morgan fingerprint density at radius 3 is 1.28 bits per heavy atom. The Hall–Kier alpha value is -6.46. The molecule has 2 aromatic heterocycles. The molecule has 0 N–H and O–H groups in total. The van der Waals surface area contributed by atoms with E-state index >= 15 is 0 Å². The Balaban J connectivity index is 0.930. The standard InChI is InChI=1S/C53H40N2S2/c1-37-11-5-8-16-49(37)55(48-33-25-41(26-34-48)53-36-43-13-7-10-18-51(43)57-53)47-29-21-39(22-30-47)38-19-27-45(28-20-38)54(44-14-3-2-4-15-44)46-31-23-40(24-32-46)52-35-42-12-6-9-17-50(42)56-52/h2-10,12-37H,11H2,1H3. The summed E-state index contributed by atoms with van der Waals surface area (Å²) in [5.41, 5.74) is 11.9. The van der Waals surface area contributed by atoms with Gasteiger partial charge in [-0.2, -0.15) is 0 Å². The summed E-state index contributed by atoms with van der Waals surface area (Å²) in [5, 5.41) is 2.59. The van der Waals surface area contributed by atoms with Crippen LogP contribution in [0.4, 0.5) is 28.4 Å². The van der Waals surface area contributed by atoms with E-state index in [1.807, 2.05) is 22.7 Å². The van der Waals surface area contributed by atoms with Gasteiger partial charge in [0.05, 0.1) is 0 Å². The minimum atomic E-state index is 0.407. The summed E-state index contributed by atoms with van der Waals surface area (Å²) in [6.45, 7) is 2.32. The lowest BCUT2D eigenvalue weighted by molar-refractivity contribution is 0.670. The number of benzene rings is 7. The van der Waals surface area contributed by atoms with Crippen LogP contribution in [0.25, 0.3) is 52.2 Å². The molecule has 1 unspecified atom stereocenters. The van der Waals surface area contributed by atoms with Crippen molar-refractivity contribution in [3.05, 3.63) is 212 Å². The molecule has 1 aliphatic rings. The summed E-state index contributed by atoms with van der Waals surface area (Å²) >= 11 is 3.70. The molecular weight excluding hydrogens is 729 g/mol. The Labute approximate surface area is 342 Å².